The van der Waals surface area contributed by atoms with Crippen LogP contribution in [0.15, 0.2) is 45.3 Å². The Morgan fingerprint density at radius 1 is 1.17 bits per heavy atom. The number of thiazole rings is 1. The van der Waals surface area contributed by atoms with E-state index in [2.05, 4.69) is 4.57 Å². The molecule has 1 aliphatic heterocycles. The van der Waals surface area contributed by atoms with E-state index in [1.807, 2.05) is 42.6 Å². The SMILES string of the molecule is Cc1csc([C@@H]2C[C@@H](CO)n3c(-c4ccccc4)c4c(=O)n(C)c(=O)n(C)c4c32)n1. The zero-order valence-corrected chi connectivity index (χ0v) is 17.8. The van der Waals surface area contributed by atoms with Crippen molar-refractivity contribution in [1.29, 1.82) is 0 Å². The van der Waals surface area contributed by atoms with Gasteiger partial charge in [-0.15, -0.1) is 11.3 Å². The van der Waals surface area contributed by atoms with Crippen LogP contribution in [0.4, 0.5) is 0 Å². The molecule has 7 nitrogen and oxygen atoms in total. The standard InChI is InChI=1S/C22H22N4O3S/c1-12-11-30-20(23-12)15-9-14(10-27)26-17(13-7-5-4-6-8-13)16-19(18(15)26)24(2)22(29)25(3)21(16)28/h4-8,11,14-15,27H,9-10H2,1-3H3/t14-,15+/m0/s1. The Balaban J connectivity index is 1.99. The zero-order valence-electron chi connectivity index (χ0n) is 17.0. The average molecular weight is 423 g/mol. The van der Waals surface area contributed by atoms with Crippen LogP contribution in [0, 0.1) is 6.92 Å². The summed E-state index contributed by atoms with van der Waals surface area (Å²) >= 11 is 1.58. The first kappa shape index (κ1) is 19.0. The minimum absolute atomic E-state index is 0.0526. The van der Waals surface area contributed by atoms with E-state index in [1.54, 1.807) is 23.0 Å². The molecule has 1 aliphatic rings. The van der Waals surface area contributed by atoms with Crippen molar-refractivity contribution < 1.29 is 5.11 Å². The van der Waals surface area contributed by atoms with Crippen LogP contribution >= 0.6 is 11.3 Å². The lowest BCUT2D eigenvalue weighted by molar-refractivity contribution is 0.232. The number of aliphatic hydroxyl groups is 1. The van der Waals surface area contributed by atoms with Crippen molar-refractivity contribution in [1.82, 2.24) is 18.7 Å². The van der Waals surface area contributed by atoms with Crippen LogP contribution in [0.5, 0.6) is 0 Å². The number of aryl methyl sites for hydroxylation is 2. The molecule has 30 heavy (non-hydrogen) atoms. The molecule has 4 aromatic rings. The molecule has 0 spiro atoms. The number of fused-ring (bicyclic) bond motifs is 3. The number of rotatable bonds is 3. The van der Waals surface area contributed by atoms with Crippen LogP contribution in [0.1, 0.15) is 34.8 Å². The second-order valence-electron chi connectivity index (χ2n) is 7.85. The number of nitrogens with zero attached hydrogens (tertiary/aromatic N) is 4. The summed E-state index contributed by atoms with van der Waals surface area (Å²) in [6, 6.07) is 9.51. The van der Waals surface area contributed by atoms with Crippen LogP contribution in [-0.2, 0) is 14.1 Å². The summed E-state index contributed by atoms with van der Waals surface area (Å²) in [5.74, 6) is -0.0847. The molecule has 3 aromatic heterocycles. The summed E-state index contributed by atoms with van der Waals surface area (Å²) in [5.41, 5.74) is 3.43. The highest BCUT2D eigenvalue weighted by molar-refractivity contribution is 7.09. The molecule has 1 N–H and O–H groups in total. The summed E-state index contributed by atoms with van der Waals surface area (Å²) < 4.78 is 4.78. The second kappa shape index (κ2) is 6.78. The van der Waals surface area contributed by atoms with E-state index in [1.165, 1.54) is 7.05 Å². The minimum Gasteiger partial charge on any atom is -0.394 e. The number of hydrogen-bond donors (Lipinski definition) is 1. The fourth-order valence-corrected chi connectivity index (χ4v) is 5.61. The molecule has 0 amide bonds. The van der Waals surface area contributed by atoms with Crippen molar-refractivity contribution in [3.8, 4) is 11.3 Å². The minimum atomic E-state index is -0.359. The lowest BCUT2D eigenvalue weighted by atomic mass is 10.00. The molecule has 0 bridgehead atoms. The van der Waals surface area contributed by atoms with Gasteiger partial charge in [0, 0.05) is 25.2 Å². The van der Waals surface area contributed by atoms with Gasteiger partial charge in [-0.2, -0.15) is 0 Å². The van der Waals surface area contributed by atoms with E-state index in [0.717, 1.165) is 32.2 Å². The number of hydrogen-bond acceptors (Lipinski definition) is 5. The van der Waals surface area contributed by atoms with Gasteiger partial charge in [0.15, 0.2) is 0 Å². The van der Waals surface area contributed by atoms with Gasteiger partial charge < -0.3 is 9.67 Å². The Morgan fingerprint density at radius 3 is 2.53 bits per heavy atom. The van der Waals surface area contributed by atoms with Crippen LogP contribution in [-0.4, -0.2) is 30.4 Å². The quantitative estimate of drug-likeness (QED) is 0.550. The van der Waals surface area contributed by atoms with E-state index in [0.29, 0.717) is 17.3 Å². The van der Waals surface area contributed by atoms with Gasteiger partial charge in [0.05, 0.1) is 40.9 Å². The largest absolute Gasteiger partial charge is 0.394 e. The summed E-state index contributed by atoms with van der Waals surface area (Å²) in [5, 5.41) is 13.7. The first-order valence-electron chi connectivity index (χ1n) is 9.86. The van der Waals surface area contributed by atoms with Crippen molar-refractivity contribution in [2.45, 2.75) is 25.3 Å². The van der Waals surface area contributed by atoms with Crippen LogP contribution in [0.25, 0.3) is 22.2 Å². The van der Waals surface area contributed by atoms with Crippen molar-refractivity contribution in [2.24, 2.45) is 14.1 Å². The Kier molecular flexibility index (Phi) is 4.30. The molecule has 0 saturated carbocycles. The van der Waals surface area contributed by atoms with Crippen LogP contribution in [0.3, 0.4) is 0 Å². The van der Waals surface area contributed by atoms with Crippen LogP contribution in [0.2, 0.25) is 0 Å². The molecule has 5 rings (SSSR count). The number of aromatic nitrogens is 4. The van der Waals surface area contributed by atoms with Gasteiger partial charge in [-0.3, -0.25) is 13.9 Å². The molecule has 0 radical (unpaired) electrons. The Hall–Kier alpha value is -2.97. The molecule has 0 aliphatic carbocycles. The molecular formula is C22H22N4O3S. The summed E-state index contributed by atoms with van der Waals surface area (Å²) in [6.45, 7) is 1.90. The van der Waals surface area contributed by atoms with Crippen molar-refractivity contribution >= 4 is 22.2 Å². The first-order valence-corrected chi connectivity index (χ1v) is 10.7. The lowest BCUT2D eigenvalue weighted by Crippen LogP contribution is -2.37. The maximum Gasteiger partial charge on any atom is 0.331 e. The normalized spacial score (nSPS) is 18.3. The number of benzene rings is 1. The monoisotopic (exact) mass is 422 g/mol. The lowest BCUT2D eigenvalue weighted by Gasteiger charge is -2.15. The molecule has 154 valence electrons. The van der Waals surface area contributed by atoms with Gasteiger partial charge in [0.25, 0.3) is 5.56 Å². The predicted molar refractivity (Wildman–Crippen MR) is 117 cm³/mol. The third-order valence-electron chi connectivity index (χ3n) is 6.04. The van der Waals surface area contributed by atoms with E-state index in [-0.39, 0.29) is 29.8 Å². The van der Waals surface area contributed by atoms with Gasteiger partial charge >= 0.3 is 5.69 Å². The summed E-state index contributed by atoms with van der Waals surface area (Å²) in [6.07, 6.45) is 0.679. The van der Waals surface area contributed by atoms with Crippen LogP contribution < -0.4 is 11.2 Å². The average Bonchev–Trinajstić information content (AvgIpc) is 3.44. The summed E-state index contributed by atoms with van der Waals surface area (Å²) in [4.78, 5) is 30.8. The van der Waals surface area contributed by atoms with Gasteiger partial charge in [-0.05, 0) is 18.9 Å². The fraction of sp³-hybridized carbons (Fsp3) is 0.318. The highest BCUT2D eigenvalue weighted by Gasteiger charge is 2.40. The zero-order chi connectivity index (χ0) is 21.2. The fourth-order valence-electron chi connectivity index (χ4n) is 4.70. The van der Waals surface area contributed by atoms with E-state index in [4.69, 9.17) is 4.98 Å². The maximum absolute atomic E-state index is 13.3. The molecule has 1 aromatic carbocycles. The smallest absolute Gasteiger partial charge is 0.331 e. The maximum atomic E-state index is 13.3. The molecule has 0 fully saturated rings. The van der Waals surface area contributed by atoms with E-state index < -0.39 is 0 Å². The Labute approximate surface area is 176 Å². The molecule has 8 heteroatoms. The van der Waals surface area contributed by atoms with Gasteiger partial charge in [-0.25, -0.2) is 9.78 Å². The van der Waals surface area contributed by atoms with Gasteiger partial charge in [0.2, 0.25) is 0 Å². The molecule has 0 saturated heterocycles. The third kappa shape index (κ3) is 2.50. The molecule has 0 unspecified atom stereocenters. The third-order valence-corrected chi connectivity index (χ3v) is 7.12. The topological polar surface area (TPSA) is 82.0 Å². The highest BCUT2D eigenvalue weighted by Crippen LogP contribution is 2.48. The molecule has 2 atom stereocenters. The first-order chi connectivity index (χ1) is 14.4. The summed E-state index contributed by atoms with van der Waals surface area (Å²) in [7, 11) is 3.21. The second-order valence-corrected chi connectivity index (χ2v) is 8.74. The Bertz CT molecular complexity index is 1390. The van der Waals surface area contributed by atoms with E-state index >= 15 is 0 Å². The molecular weight excluding hydrogens is 400 g/mol. The predicted octanol–water partition coefficient (Wildman–Crippen LogP) is 2.54. The van der Waals surface area contributed by atoms with Gasteiger partial charge in [0.1, 0.15) is 5.01 Å². The number of aliphatic hydroxyl groups excluding tert-OH is 1. The Morgan fingerprint density at radius 2 is 1.90 bits per heavy atom. The van der Waals surface area contributed by atoms with Crippen molar-refractivity contribution in [3.05, 3.63) is 72.9 Å². The van der Waals surface area contributed by atoms with E-state index in [9.17, 15) is 14.7 Å². The van der Waals surface area contributed by atoms with Crippen molar-refractivity contribution in [2.75, 3.05) is 6.61 Å². The highest BCUT2D eigenvalue weighted by atomic mass is 32.1. The van der Waals surface area contributed by atoms with Crippen molar-refractivity contribution in [3.63, 3.8) is 0 Å². The molecule has 4 heterocycles. The van der Waals surface area contributed by atoms with Gasteiger partial charge in [-0.1, -0.05) is 30.3 Å².